The Balaban J connectivity index is 0.00000300. The monoisotopic (exact) mass is 508 g/mol. The number of hydrogen-bond acceptors (Lipinski definition) is 3. The van der Waals surface area contributed by atoms with Crippen molar-refractivity contribution in [1.29, 1.82) is 0 Å². The molecule has 2 aromatic carbocycles. The van der Waals surface area contributed by atoms with Crippen molar-refractivity contribution in [2.75, 3.05) is 46.9 Å². The SMILES string of the molecule is CN=C(NCCC(c1ccccc1)c1ccccc1)NCC1CN(C)CCO1.I. The Bertz CT molecular complexity index is 687. The molecule has 0 spiro atoms. The highest BCUT2D eigenvalue weighted by molar-refractivity contribution is 14.0. The number of morpholine rings is 1. The van der Waals surface area contributed by atoms with Gasteiger partial charge in [-0.1, -0.05) is 60.7 Å². The molecule has 0 saturated carbocycles. The van der Waals surface area contributed by atoms with Crippen molar-refractivity contribution in [3.63, 3.8) is 0 Å². The fourth-order valence-electron chi connectivity index (χ4n) is 3.65. The summed E-state index contributed by atoms with van der Waals surface area (Å²) in [6, 6.07) is 21.4. The molecule has 2 aromatic rings. The van der Waals surface area contributed by atoms with Crippen molar-refractivity contribution in [2.24, 2.45) is 4.99 Å². The predicted octanol–water partition coefficient (Wildman–Crippen LogP) is 3.32. The first-order chi connectivity index (χ1) is 13.8. The zero-order valence-corrected chi connectivity index (χ0v) is 19.7. The van der Waals surface area contributed by atoms with Gasteiger partial charge >= 0.3 is 0 Å². The predicted molar refractivity (Wildman–Crippen MR) is 131 cm³/mol. The first kappa shape index (κ1) is 23.6. The molecule has 158 valence electrons. The van der Waals surface area contributed by atoms with E-state index in [0.29, 0.717) is 5.92 Å². The van der Waals surface area contributed by atoms with Crippen molar-refractivity contribution in [3.05, 3.63) is 71.8 Å². The van der Waals surface area contributed by atoms with Crippen LogP contribution in [0.3, 0.4) is 0 Å². The smallest absolute Gasteiger partial charge is 0.191 e. The Morgan fingerprint density at radius 3 is 2.24 bits per heavy atom. The molecule has 29 heavy (non-hydrogen) atoms. The minimum atomic E-state index is 0. The van der Waals surface area contributed by atoms with Gasteiger partial charge in [-0.15, -0.1) is 24.0 Å². The maximum absolute atomic E-state index is 5.81. The van der Waals surface area contributed by atoms with Crippen LogP contribution in [0.25, 0.3) is 0 Å². The summed E-state index contributed by atoms with van der Waals surface area (Å²) < 4.78 is 5.81. The van der Waals surface area contributed by atoms with E-state index in [2.05, 4.69) is 88.2 Å². The molecule has 1 unspecified atom stereocenters. The van der Waals surface area contributed by atoms with Gasteiger partial charge in [0, 0.05) is 39.1 Å². The summed E-state index contributed by atoms with van der Waals surface area (Å²) in [6.45, 7) is 4.37. The lowest BCUT2D eigenvalue weighted by Crippen LogP contribution is -2.48. The van der Waals surface area contributed by atoms with Crippen molar-refractivity contribution in [3.8, 4) is 0 Å². The number of likely N-dealkylation sites (N-methyl/N-ethyl adjacent to an activating group) is 1. The van der Waals surface area contributed by atoms with Crippen LogP contribution < -0.4 is 10.6 Å². The summed E-state index contributed by atoms with van der Waals surface area (Å²) in [4.78, 5) is 6.66. The molecule has 1 aliphatic heterocycles. The molecule has 0 amide bonds. The van der Waals surface area contributed by atoms with Crippen LogP contribution in [0.4, 0.5) is 0 Å². The normalized spacial score (nSPS) is 17.6. The second-order valence-electron chi connectivity index (χ2n) is 7.30. The number of ether oxygens (including phenoxy) is 1. The number of hydrogen-bond donors (Lipinski definition) is 2. The highest BCUT2D eigenvalue weighted by Gasteiger charge is 2.18. The van der Waals surface area contributed by atoms with Crippen LogP contribution in [0, 0.1) is 0 Å². The van der Waals surface area contributed by atoms with Gasteiger partial charge in [0.1, 0.15) is 0 Å². The Morgan fingerprint density at radius 1 is 1.07 bits per heavy atom. The molecule has 0 radical (unpaired) electrons. The summed E-state index contributed by atoms with van der Waals surface area (Å²) in [5, 5.41) is 6.86. The van der Waals surface area contributed by atoms with Crippen molar-refractivity contribution in [1.82, 2.24) is 15.5 Å². The fraction of sp³-hybridized carbons (Fsp3) is 0.435. The highest BCUT2D eigenvalue weighted by atomic mass is 127. The van der Waals surface area contributed by atoms with Crippen molar-refractivity contribution >= 4 is 29.9 Å². The third-order valence-corrected chi connectivity index (χ3v) is 5.19. The molecule has 0 bridgehead atoms. The van der Waals surface area contributed by atoms with Crippen LogP contribution in [-0.4, -0.2) is 63.8 Å². The Kier molecular flexibility index (Phi) is 10.5. The fourth-order valence-corrected chi connectivity index (χ4v) is 3.65. The van der Waals surface area contributed by atoms with Crippen LogP contribution >= 0.6 is 24.0 Å². The third-order valence-electron chi connectivity index (χ3n) is 5.19. The summed E-state index contributed by atoms with van der Waals surface area (Å²) in [6.07, 6.45) is 1.20. The topological polar surface area (TPSA) is 48.9 Å². The first-order valence-electron chi connectivity index (χ1n) is 10.1. The van der Waals surface area contributed by atoms with E-state index in [9.17, 15) is 0 Å². The highest BCUT2D eigenvalue weighted by Crippen LogP contribution is 2.27. The molecule has 0 aliphatic carbocycles. The van der Waals surface area contributed by atoms with Crippen LogP contribution in [0.15, 0.2) is 65.7 Å². The number of guanidine groups is 1. The Morgan fingerprint density at radius 2 is 1.69 bits per heavy atom. The van der Waals surface area contributed by atoms with Crippen molar-refractivity contribution < 1.29 is 4.74 Å². The van der Waals surface area contributed by atoms with Gasteiger partial charge in [0.25, 0.3) is 0 Å². The van der Waals surface area contributed by atoms with Crippen molar-refractivity contribution in [2.45, 2.75) is 18.4 Å². The summed E-state index contributed by atoms with van der Waals surface area (Å²) >= 11 is 0. The number of nitrogens with one attached hydrogen (secondary N) is 2. The Labute approximate surface area is 192 Å². The largest absolute Gasteiger partial charge is 0.374 e. The van der Waals surface area contributed by atoms with E-state index in [-0.39, 0.29) is 30.1 Å². The molecule has 1 fully saturated rings. The minimum Gasteiger partial charge on any atom is -0.374 e. The van der Waals surface area contributed by atoms with E-state index in [0.717, 1.165) is 45.2 Å². The molecule has 3 rings (SSSR count). The van der Waals surface area contributed by atoms with Crippen LogP contribution in [0.1, 0.15) is 23.5 Å². The maximum Gasteiger partial charge on any atom is 0.191 e. The van der Waals surface area contributed by atoms with E-state index in [4.69, 9.17) is 4.74 Å². The first-order valence-corrected chi connectivity index (χ1v) is 10.1. The van der Waals surface area contributed by atoms with Gasteiger partial charge in [0.2, 0.25) is 0 Å². The third kappa shape index (κ3) is 7.60. The summed E-state index contributed by atoms with van der Waals surface area (Å²) in [7, 11) is 3.95. The lowest BCUT2D eigenvalue weighted by atomic mass is 9.88. The van der Waals surface area contributed by atoms with E-state index in [1.165, 1.54) is 11.1 Å². The lowest BCUT2D eigenvalue weighted by molar-refractivity contribution is -0.0161. The molecule has 1 heterocycles. The van der Waals surface area contributed by atoms with Gasteiger partial charge < -0.3 is 20.3 Å². The van der Waals surface area contributed by atoms with Gasteiger partial charge in [-0.25, -0.2) is 0 Å². The molecule has 5 nitrogen and oxygen atoms in total. The number of benzene rings is 2. The average Bonchev–Trinajstić information content (AvgIpc) is 2.74. The molecule has 1 atom stereocenters. The number of halogens is 1. The van der Waals surface area contributed by atoms with E-state index >= 15 is 0 Å². The number of aliphatic imine (C=N–C) groups is 1. The van der Waals surface area contributed by atoms with Gasteiger partial charge in [0.15, 0.2) is 5.96 Å². The van der Waals surface area contributed by atoms with Crippen LogP contribution in [-0.2, 0) is 4.74 Å². The van der Waals surface area contributed by atoms with E-state index < -0.39 is 0 Å². The zero-order valence-electron chi connectivity index (χ0n) is 17.4. The number of rotatable bonds is 7. The molecular weight excluding hydrogens is 475 g/mol. The molecule has 1 saturated heterocycles. The summed E-state index contributed by atoms with van der Waals surface area (Å²) in [5.41, 5.74) is 2.69. The van der Waals surface area contributed by atoms with Gasteiger partial charge in [0.05, 0.1) is 12.7 Å². The second kappa shape index (κ2) is 12.8. The second-order valence-corrected chi connectivity index (χ2v) is 7.30. The zero-order chi connectivity index (χ0) is 19.6. The quantitative estimate of drug-likeness (QED) is 0.343. The van der Waals surface area contributed by atoms with Crippen LogP contribution in [0.5, 0.6) is 0 Å². The molecular formula is C23H33IN4O. The standard InChI is InChI=1S/C23H32N4O.HI/c1-24-23(26-17-21-18-27(2)15-16-28-21)25-14-13-22(19-9-5-3-6-10-19)20-11-7-4-8-12-20;/h3-12,21-22H,13-18H2,1-2H3,(H2,24,25,26);1H. The van der Waals surface area contributed by atoms with Gasteiger partial charge in [-0.2, -0.15) is 0 Å². The minimum absolute atomic E-state index is 0. The molecule has 6 heteroatoms. The van der Waals surface area contributed by atoms with Crippen LogP contribution in [0.2, 0.25) is 0 Å². The van der Waals surface area contributed by atoms with Gasteiger partial charge in [-0.3, -0.25) is 4.99 Å². The maximum atomic E-state index is 5.81. The van der Waals surface area contributed by atoms with E-state index in [1.807, 2.05) is 7.05 Å². The summed E-state index contributed by atoms with van der Waals surface area (Å²) in [5.74, 6) is 1.19. The molecule has 0 aromatic heterocycles. The van der Waals surface area contributed by atoms with Gasteiger partial charge in [-0.05, 0) is 24.6 Å². The molecule has 2 N–H and O–H groups in total. The average molecular weight is 508 g/mol. The van der Waals surface area contributed by atoms with E-state index in [1.54, 1.807) is 0 Å². The Hall–Kier alpha value is -1.64. The number of nitrogens with zero attached hydrogens (tertiary/aromatic N) is 2. The lowest BCUT2D eigenvalue weighted by Gasteiger charge is -2.30. The molecule has 1 aliphatic rings.